The molecule has 0 saturated heterocycles. The second kappa shape index (κ2) is 3.99. The van der Waals surface area contributed by atoms with E-state index in [1.54, 1.807) is 0 Å². The van der Waals surface area contributed by atoms with E-state index >= 15 is 0 Å². The van der Waals surface area contributed by atoms with E-state index < -0.39 is 0 Å². The highest BCUT2D eigenvalue weighted by atomic mass is 32.2. The van der Waals surface area contributed by atoms with Gasteiger partial charge in [0.15, 0.2) is 0 Å². The normalized spacial score (nSPS) is 22.4. The first-order valence-electron chi connectivity index (χ1n) is 6.61. The fourth-order valence-electron chi connectivity index (χ4n) is 2.51. The summed E-state index contributed by atoms with van der Waals surface area (Å²) in [6.45, 7) is 15.8. The van der Waals surface area contributed by atoms with E-state index in [4.69, 9.17) is 0 Å². The van der Waals surface area contributed by atoms with Crippen molar-refractivity contribution in [2.45, 2.75) is 64.8 Å². The molecule has 0 saturated carbocycles. The fraction of sp³-hybridized carbons (Fsp3) is 0.857. The number of rotatable bonds is 0. The Bertz CT molecular complexity index is 452. The molecule has 3 nitrogen and oxygen atoms in total. The van der Waals surface area contributed by atoms with Crippen LogP contribution in [0.5, 0.6) is 0 Å². The van der Waals surface area contributed by atoms with Crippen LogP contribution in [0, 0.1) is 0 Å². The number of aromatic nitrogens is 3. The number of hydrogen-bond donors (Lipinski definition) is 0. The Morgan fingerprint density at radius 1 is 1.06 bits per heavy atom. The van der Waals surface area contributed by atoms with Gasteiger partial charge in [-0.3, -0.25) is 0 Å². The molecule has 0 aliphatic carbocycles. The summed E-state index contributed by atoms with van der Waals surface area (Å²) >= 11 is 2.03. The molecule has 102 valence electrons. The molecule has 1 aliphatic heterocycles. The number of fused-ring (bicyclic) bond motifs is 1. The summed E-state index contributed by atoms with van der Waals surface area (Å²) < 4.78 is 2.13. The summed E-state index contributed by atoms with van der Waals surface area (Å²) in [4.78, 5) is 0. The van der Waals surface area contributed by atoms with Crippen LogP contribution in [0.2, 0.25) is 0 Å². The number of thioether (sulfide) groups is 1. The zero-order valence-electron chi connectivity index (χ0n) is 12.7. The van der Waals surface area contributed by atoms with Gasteiger partial charge in [-0.1, -0.05) is 32.9 Å². The van der Waals surface area contributed by atoms with Crippen LogP contribution in [0.4, 0.5) is 0 Å². The van der Waals surface area contributed by atoms with Gasteiger partial charge in [-0.25, -0.2) is 4.68 Å². The van der Waals surface area contributed by atoms with Crippen LogP contribution in [0.1, 0.15) is 59.9 Å². The molecule has 1 aromatic rings. The van der Waals surface area contributed by atoms with E-state index in [0.717, 1.165) is 11.5 Å². The van der Waals surface area contributed by atoms with E-state index in [0.29, 0.717) is 0 Å². The summed E-state index contributed by atoms with van der Waals surface area (Å²) in [5, 5.41) is 8.99. The second-order valence-electron chi connectivity index (χ2n) is 7.63. The standard InChI is InChI=1S/C14H25N3S/c1-12(2,3)17-11-10(15-16-17)13(4,5)8-18-9-14(11,6)7/h8-9H2,1-7H3. The molecule has 0 spiro atoms. The van der Waals surface area contributed by atoms with Crippen molar-refractivity contribution in [2.75, 3.05) is 11.5 Å². The van der Waals surface area contributed by atoms with Crippen molar-refractivity contribution in [3.63, 3.8) is 0 Å². The van der Waals surface area contributed by atoms with Crippen LogP contribution in [-0.4, -0.2) is 26.5 Å². The maximum Gasteiger partial charge on any atom is 0.0929 e. The Balaban J connectivity index is 2.69. The van der Waals surface area contributed by atoms with Gasteiger partial charge in [0.2, 0.25) is 0 Å². The zero-order valence-corrected chi connectivity index (χ0v) is 13.5. The molecule has 0 atom stereocenters. The Labute approximate surface area is 115 Å². The first-order chi connectivity index (χ1) is 8.06. The third-order valence-corrected chi connectivity index (χ3v) is 5.37. The van der Waals surface area contributed by atoms with E-state index in [-0.39, 0.29) is 16.4 Å². The predicted octanol–water partition coefficient (Wildman–Crippen LogP) is 3.34. The van der Waals surface area contributed by atoms with Gasteiger partial charge in [-0.15, -0.1) is 5.10 Å². The van der Waals surface area contributed by atoms with Gasteiger partial charge < -0.3 is 0 Å². The van der Waals surface area contributed by atoms with Crippen molar-refractivity contribution >= 4 is 11.8 Å². The largest absolute Gasteiger partial charge is 0.243 e. The predicted molar refractivity (Wildman–Crippen MR) is 78.4 cm³/mol. The Kier molecular flexibility index (Phi) is 3.08. The average molecular weight is 267 g/mol. The first-order valence-corrected chi connectivity index (χ1v) is 7.76. The van der Waals surface area contributed by atoms with Crippen LogP contribution in [-0.2, 0) is 16.4 Å². The summed E-state index contributed by atoms with van der Waals surface area (Å²) in [5.74, 6) is 2.25. The number of nitrogens with zero attached hydrogens (tertiary/aromatic N) is 3. The van der Waals surface area contributed by atoms with Gasteiger partial charge in [-0.05, 0) is 20.8 Å². The Hall–Kier alpha value is -0.510. The Morgan fingerprint density at radius 2 is 1.61 bits per heavy atom. The SMILES string of the molecule is CC1(C)CSCC(C)(C)c2c1nnn2C(C)(C)C. The molecule has 0 fully saturated rings. The third kappa shape index (κ3) is 2.20. The lowest BCUT2D eigenvalue weighted by Crippen LogP contribution is -2.33. The molecule has 1 aromatic heterocycles. The lowest BCUT2D eigenvalue weighted by molar-refractivity contribution is 0.316. The van der Waals surface area contributed by atoms with Crippen LogP contribution in [0.3, 0.4) is 0 Å². The van der Waals surface area contributed by atoms with Gasteiger partial charge in [0.25, 0.3) is 0 Å². The molecule has 18 heavy (non-hydrogen) atoms. The van der Waals surface area contributed by atoms with Crippen molar-refractivity contribution < 1.29 is 0 Å². The highest BCUT2D eigenvalue weighted by Crippen LogP contribution is 2.42. The Morgan fingerprint density at radius 3 is 2.17 bits per heavy atom. The quantitative estimate of drug-likeness (QED) is 0.722. The molecular formula is C14H25N3S. The van der Waals surface area contributed by atoms with E-state index in [1.165, 1.54) is 11.4 Å². The summed E-state index contributed by atoms with van der Waals surface area (Å²) in [7, 11) is 0. The van der Waals surface area contributed by atoms with Crippen molar-refractivity contribution in [3.8, 4) is 0 Å². The lowest BCUT2D eigenvalue weighted by Gasteiger charge is -2.30. The molecule has 0 N–H and O–H groups in total. The molecule has 2 rings (SSSR count). The molecule has 0 radical (unpaired) electrons. The molecule has 0 amide bonds. The third-order valence-electron chi connectivity index (χ3n) is 3.51. The zero-order chi connectivity index (χ0) is 13.8. The van der Waals surface area contributed by atoms with Gasteiger partial charge in [0.05, 0.1) is 16.9 Å². The fourth-order valence-corrected chi connectivity index (χ4v) is 3.91. The van der Waals surface area contributed by atoms with Gasteiger partial charge >= 0.3 is 0 Å². The monoisotopic (exact) mass is 267 g/mol. The van der Waals surface area contributed by atoms with Crippen LogP contribution < -0.4 is 0 Å². The summed E-state index contributed by atoms with van der Waals surface area (Å²) in [5.41, 5.74) is 2.74. The summed E-state index contributed by atoms with van der Waals surface area (Å²) in [6.07, 6.45) is 0. The molecule has 2 heterocycles. The van der Waals surface area contributed by atoms with Crippen molar-refractivity contribution in [1.82, 2.24) is 15.0 Å². The topological polar surface area (TPSA) is 30.7 Å². The van der Waals surface area contributed by atoms with Crippen LogP contribution >= 0.6 is 11.8 Å². The average Bonchev–Trinajstić information content (AvgIpc) is 2.57. The van der Waals surface area contributed by atoms with Crippen LogP contribution in [0.15, 0.2) is 0 Å². The van der Waals surface area contributed by atoms with Gasteiger partial charge in [0, 0.05) is 22.3 Å². The maximum atomic E-state index is 4.53. The molecule has 0 unspecified atom stereocenters. The van der Waals surface area contributed by atoms with E-state index in [1.807, 2.05) is 11.8 Å². The lowest BCUT2D eigenvalue weighted by atomic mass is 9.81. The van der Waals surface area contributed by atoms with Crippen molar-refractivity contribution in [2.24, 2.45) is 0 Å². The van der Waals surface area contributed by atoms with Gasteiger partial charge in [0.1, 0.15) is 0 Å². The minimum atomic E-state index is -0.0110. The highest BCUT2D eigenvalue weighted by molar-refractivity contribution is 7.99. The molecule has 0 aromatic carbocycles. The smallest absolute Gasteiger partial charge is 0.0929 e. The molecule has 0 bridgehead atoms. The van der Waals surface area contributed by atoms with Gasteiger partial charge in [-0.2, -0.15) is 11.8 Å². The second-order valence-corrected chi connectivity index (χ2v) is 8.62. The minimum Gasteiger partial charge on any atom is -0.243 e. The minimum absolute atomic E-state index is 0.0110. The molecule has 4 heteroatoms. The van der Waals surface area contributed by atoms with E-state index in [2.05, 4.69) is 63.5 Å². The van der Waals surface area contributed by atoms with E-state index in [9.17, 15) is 0 Å². The maximum absolute atomic E-state index is 4.53. The molecular weight excluding hydrogens is 242 g/mol. The van der Waals surface area contributed by atoms with Crippen LogP contribution in [0.25, 0.3) is 0 Å². The summed E-state index contributed by atoms with van der Waals surface area (Å²) in [6, 6.07) is 0. The molecule has 1 aliphatic rings. The first kappa shape index (κ1) is 13.9. The number of hydrogen-bond acceptors (Lipinski definition) is 3. The highest BCUT2D eigenvalue weighted by Gasteiger charge is 2.41. The van der Waals surface area contributed by atoms with Crippen molar-refractivity contribution in [1.29, 1.82) is 0 Å². The van der Waals surface area contributed by atoms with Crippen molar-refractivity contribution in [3.05, 3.63) is 11.4 Å².